The topological polar surface area (TPSA) is 21.3 Å². The van der Waals surface area contributed by atoms with Crippen LogP contribution in [-0.4, -0.2) is 24.3 Å². The summed E-state index contributed by atoms with van der Waals surface area (Å²) in [6.07, 6.45) is 4.90. The van der Waals surface area contributed by atoms with Crippen molar-refractivity contribution < 1.29 is 4.74 Å². The molecule has 16 heavy (non-hydrogen) atoms. The molecule has 2 nitrogen and oxygen atoms in total. The predicted octanol–water partition coefficient (Wildman–Crippen LogP) is 3.75. The first-order valence-electron chi connectivity index (χ1n) is 6.91. The van der Waals surface area contributed by atoms with Gasteiger partial charge in [0.05, 0.1) is 11.7 Å². The van der Waals surface area contributed by atoms with Crippen molar-refractivity contribution in [1.29, 1.82) is 0 Å². The van der Waals surface area contributed by atoms with Crippen LogP contribution in [0.3, 0.4) is 0 Å². The first kappa shape index (κ1) is 15.9. The molecular formula is C14H31NO. The fraction of sp³-hybridized carbons (Fsp3) is 1.00. The maximum Gasteiger partial charge on any atom is 0.0732 e. The molecule has 0 rings (SSSR count). The lowest BCUT2D eigenvalue weighted by atomic mass is 10.0. The van der Waals surface area contributed by atoms with Gasteiger partial charge in [-0.05, 0) is 39.7 Å². The molecule has 0 aliphatic rings. The van der Waals surface area contributed by atoms with Gasteiger partial charge in [0.1, 0.15) is 0 Å². The molecule has 0 radical (unpaired) electrons. The first-order chi connectivity index (χ1) is 7.50. The van der Waals surface area contributed by atoms with Crippen LogP contribution in [0.2, 0.25) is 0 Å². The van der Waals surface area contributed by atoms with Crippen molar-refractivity contribution in [2.75, 3.05) is 6.54 Å². The van der Waals surface area contributed by atoms with Crippen molar-refractivity contribution in [3.8, 4) is 0 Å². The average Bonchev–Trinajstić information content (AvgIpc) is 2.26. The Kier molecular flexibility index (Phi) is 8.04. The number of likely N-dealkylation sites (N-methyl/N-ethyl adjacent to an activating group) is 1. The van der Waals surface area contributed by atoms with E-state index in [2.05, 4.69) is 46.9 Å². The van der Waals surface area contributed by atoms with Crippen molar-refractivity contribution in [3.63, 3.8) is 0 Å². The molecule has 0 amide bonds. The molecule has 0 aromatic heterocycles. The third-order valence-electron chi connectivity index (χ3n) is 3.24. The number of ether oxygens (including phenoxy) is 1. The Morgan fingerprint density at radius 3 is 2.12 bits per heavy atom. The highest BCUT2D eigenvalue weighted by Crippen LogP contribution is 2.21. The Morgan fingerprint density at radius 1 is 1.12 bits per heavy atom. The Bertz CT molecular complexity index is 162. The molecular weight excluding hydrogens is 198 g/mol. The monoisotopic (exact) mass is 229 g/mol. The summed E-state index contributed by atoms with van der Waals surface area (Å²) in [4.78, 5) is 0. The minimum Gasteiger partial charge on any atom is -0.371 e. The molecule has 98 valence electrons. The summed E-state index contributed by atoms with van der Waals surface area (Å²) in [6.45, 7) is 14.2. The van der Waals surface area contributed by atoms with Gasteiger partial charge in [-0.2, -0.15) is 0 Å². The second kappa shape index (κ2) is 8.08. The molecule has 0 fully saturated rings. The predicted molar refractivity (Wildman–Crippen MR) is 71.9 cm³/mol. The van der Waals surface area contributed by atoms with Gasteiger partial charge in [-0.1, -0.05) is 34.1 Å². The highest BCUT2D eigenvalue weighted by Gasteiger charge is 2.26. The maximum absolute atomic E-state index is 6.24. The third kappa shape index (κ3) is 5.86. The molecule has 0 aliphatic heterocycles. The summed E-state index contributed by atoms with van der Waals surface area (Å²) in [5, 5.41) is 3.56. The zero-order valence-electron chi connectivity index (χ0n) is 12.1. The normalized spacial score (nSPS) is 16.1. The summed E-state index contributed by atoms with van der Waals surface area (Å²) < 4.78 is 6.24. The van der Waals surface area contributed by atoms with Gasteiger partial charge < -0.3 is 10.1 Å². The van der Waals surface area contributed by atoms with E-state index in [1.54, 1.807) is 0 Å². The summed E-state index contributed by atoms with van der Waals surface area (Å²) >= 11 is 0. The smallest absolute Gasteiger partial charge is 0.0732 e. The van der Waals surface area contributed by atoms with Crippen LogP contribution in [0.1, 0.15) is 67.2 Å². The average molecular weight is 229 g/mol. The molecule has 0 aliphatic carbocycles. The van der Waals surface area contributed by atoms with E-state index in [-0.39, 0.29) is 5.60 Å². The van der Waals surface area contributed by atoms with Crippen LogP contribution in [-0.2, 0) is 4.74 Å². The summed E-state index contributed by atoms with van der Waals surface area (Å²) in [5.41, 5.74) is 0.00207. The molecule has 2 heteroatoms. The second-order valence-corrected chi connectivity index (χ2v) is 5.13. The molecule has 0 heterocycles. The molecule has 0 saturated heterocycles. The number of rotatable bonds is 9. The zero-order valence-corrected chi connectivity index (χ0v) is 12.1. The van der Waals surface area contributed by atoms with E-state index < -0.39 is 0 Å². The van der Waals surface area contributed by atoms with Gasteiger partial charge in [-0.3, -0.25) is 0 Å². The van der Waals surface area contributed by atoms with Gasteiger partial charge in [0.2, 0.25) is 0 Å². The van der Waals surface area contributed by atoms with Crippen molar-refractivity contribution in [2.45, 2.75) is 85.0 Å². The lowest BCUT2D eigenvalue weighted by molar-refractivity contribution is -0.0895. The lowest BCUT2D eigenvalue weighted by Crippen LogP contribution is -2.44. The van der Waals surface area contributed by atoms with Crippen LogP contribution in [0, 0.1) is 0 Å². The molecule has 0 bridgehead atoms. The Labute approximate surface area is 102 Å². The fourth-order valence-electron chi connectivity index (χ4n) is 1.94. The van der Waals surface area contributed by atoms with E-state index in [0.717, 1.165) is 19.4 Å². The van der Waals surface area contributed by atoms with E-state index in [1.807, 2.05) is 0 Å². The van der Waals surface area contributed by atoms with Crippen molar-refractivity contribution in [2.24, 2.45) is 0 Å². The largest absolute Gasteiger partial charge is 0.371 e. The SMILES string of the molecule is CCCC(NCC)C(CC)OC(C)(C)CC. The molecule has 0 aromatic rings. The van der Waals surface area contributed by atoms with Crippen LogP contribution < -0.4 is 5.32 Å². The van der Waals surface area contributed by atoms with E-state index in [1.165, 1.54) is 12.8 Å². The van der Waals surface area contributed by atoms with Gasteiger partial charge in [0, 0.05) is 6.04 Å². The van der Waals surface area contributed by atoms with E-state index in [9.17, 15) is 0 Å². The van der Waals surface area contributed by atoms with Gasteiger partial charge in [0.25, 0.3) is 0 Å². The first-order valence-corrected chi connectivity index (χ1v) is 6.91. The Hall–Kier alpha value is -0.0800. The summed E-state index contributed by atoms with van der Waals surface area (Å²) in [7, 11) is 0. The maximum atomic E-state index is 6.24. The quantitative estimate of drug-likeness (QED) is 0.650. The highest BCUT2D eigenvalue weighted by atomic mass is 16.5. The molecule has 0 spiro atoms. The standard InChI is InChI=1S/C14H31NO/c1-7-11-12(15-10-4)13(8-2)16-14(5,6)9-3/h12-13,15H,7-11H2,1-6H3. The molecule has 2 atom stereocenters. The van der Waals surface area contributed by atoms with Crippen molar-refractivity contribution in [1.82, 2.24) is 5.32 Å². The number of hydrogen-bond donors (Lipinski definition) is 1. The van der Waals surface area contributed by atoms with Crippen molar-refractivity contribution >= 4 is 0 Å². The molecule has 2 unspecified atom stereocenters. The third-order valence-corrected chi connectivity index (χ3v) is 3.24. The van der Waals surface area contributed by atoms with Crippen LogP contribution in [0.25, 0.3) is 0 Å². The molecule has 0 aromatic carbocycles. The summed E-state index contributed by atoms with van der Waals surface area (Å²) in [6, 6.07) is 0.505. The highest BCUT2D eigenvalue weighted by molar-refractivity contribution is 4.79. The fourth-order valence-corrected chi connectivity index (χ4v) is 1.94. The van der Waals surface area contributed by atoms with Crippen molar-refractivity contribution in [3.05, 3.63) is 0 Å². The Morgan fingerprint density at radius 2 is 1.75 bits per heavy atom. The minimum atomic E-state index is 0.00207. The van der Waals surface area contributed by atoms with E-state index in [0.29, 0.717) is 12.1 Å². The van der Waals surface area contributed by atoms with Gasteiger partial charge >= 0.3 is 0 Å². The second-order valence-electron chi connectivity index (χ2n) is 5.13. The van der Waals surface area contributed by atoms with Crippen LogP contribution in [0.4, 0.5) is 0 Å². The number of hydrogen-bond acceptors (Lipinski definition) is 2. The number of nitrogens with one attached hydrogen (secondary N) is 1. The molecule has 1 N–H and O–H groups in total. The molecule has 0 saturated carbocycles. The van der Waals surface area contributed by atoms with Crippen LogP contribution >= 0.6 is 0 Å². The lowest BCUT2D eigenvalue weighted by Gasteiger charge is -2.34. The Balaban J connectivity index is 4.40. The minimum absolute atomic E-state index is 0.00207. The van der Waals surface area contributed by atoms with E-state index >= 15 is 0 Å². The van der Waals surface area contributed by atoms with Gasteiger partial charge in [0.15, 0.2) is 0 Å². The van der Waals surface area contributed by atoms with Gasteiger partial charge in [-0.25, -0.2) is 0 Å². The summed E-state index contributed by atoms with van der Waals surface area (Å²) in [5.74, 6) is 0. The van der Waals surface area contributed by atoms with Gasteiger partial charge in [-0.15, -0.1) is 0 Å². The van der Waals surface area contributed by atoms with E-state index in [4.69, 9.17) is 4.74 Å². The van der Waals surface area contributed by atoms with Crippen LogP contribution in [0.5, 0.6) is 0 Å². The van der Waals surface area contributed by atoms with Crippen LogP contribution in [0.15, 0.2) is 0 Å². The zero-order chi connectivity index (χ0) is 12.6.